The Morgan fingerprint density at radius 3 is 2.63 bits per heavy atom. The molecule has 1 atom stereocenters. The Balaban J connectivity index is 2.51. The van der Waals surface area contributed by atoms with Crippen molar-refractivity contribution in [3.63, 3.8) is 0 Å². The summed E-state index contributed by atoms with van der Waals surface area (Å²) in [6.07, 6.45) is 0.931. The van der Waals surface area contributed by atoms with E-state index in [2.05, 4.69) is 25.8 Å². The van der Waals surface area contributed by atoms with Gasteiger partial charge < -0.3 is 10.8 Å². The van der Waals surface area contributed by atoms with Gasteiger partial charge in [0.1, 0.15) is 6.04 Å². The highest BCUT2D eigenvalue weighted by Crippen LogP contribution is 2.20. The summed E-state index contributed by atoms with van der Waals surface area (Å²) >= 11 is 1.50. The molecule has 0 aliphatic heterocycles. The first-order valence-corrected chi connectivity index (χ1v) is 7.44. The second-order valence-corrected chi connectivity index (χ2v) is 6.85. The van der Waals surface area contributed by atoms with E-state index in [9.17, 15) is 4.79 Å². The predicted octanol–water partition coefficient (Wildman–Crippen LogP) is 2.32. The second-order valence-electron chi connectivity index (χ2n) is 5.82. The lowest BCUT2D eigenvalue weighted by atomic mass is 9.90. The highest BCUT2D eigenvalue weighted by atomic mass is 32.2. The van der Waals surface area contributed by atoms with Crippen LogP contribution in [0.1, 0.15) is 32.2 Å². The van der Waals surface area contributed by atoms with Gasteiger partial charge in [0.15, 0.2) is 0 Å². The minimum atomic E-state index is -0.957. The van der Waals surface area contributed by atoms with Gasteiger partial charge in [0.2, 0.25) is 0 Å². The van der Waals surface area contributed by atoms with Crippen molar-refractivity contribution in [1.82, 2.24) is 4.98 Å². The minimum absolute atomic E-state index is 0.213. The van der Waals surface area contributed by atoms with Gasteiger partial charge in [-0.3, -0.25) is 9.78 Å². The van der Waals surface area contributed by atoms with E-state index >= 15 is 0 Å². The average molecular weight is 282 g/mol. The van der Waals surface area contributed by atoms with Crippen LogP contribution in [0.2, 0.25) is 0 Å². The molecular formula is C14H22N2O2S. The number of thioether (sulfide) groups is 1. The lowest BCUT2D eigenvalue weighted by Gasteiger charge is -2.17. The van der Waals surface area contributed by atoms with Crippen LogP contribution in [-0.4, -0.2) is 27.9 Å². The van der Waals surface area contributed by atoms with Gasteiger partial charge in [0, 0.05) is 17.2 Å². The number of aromatic nitrogens is 1. The number of hydrogen-bond acceptors (Lipinski definition) is 4. The minimum Gasteiger partial charge on any atom is -0.480 e. The summed E-state index contributed by atoms with van der Waals surface area (Å²) in [4.78, 5) is 15.2. The highest BCUT2D eigenvalue weighted by Gasteiger charge is 2.13. The number of aliphatic carboxylic acids is 1. The van der Waals surface area contributed by atoms with Crippen molar-refractivity contribution >= 4 is 17.7 Å². The molecule has 1 aromatic heterocycles. The maximum absolute atomic E-state index is 10.6. The summed E-state index contributed by atoms with van der Waals surface area (Å²) in [7, 11) is 0. The van der Waals surface area contributed by atoms with Crippen molar-refractivity contribution in [2.45, 2.75) is 39.0 Å². The van der Waals surface area contributed by atoms with E-state index in [1.54, 1.807) is 0 Å². The molecule has 5 heteroatoms. The Morgan fingerprint density at radius 2 is 2.05 bits per heavy atom. The summed E-state index contributed by atoms with van der Waals surface area (Å²) in [5.41, 5.74) is 7.72. The molecular weight excluding hydrogens is 260 g/mol. The molecule has 0 aliphatic rings. The van der Waals surface area contributed by atoms with Crippen molar-refractivity contribution in [2.24, 2.45) is 11.1 Å². The summed E-state index contributed by atoms with van der Waals surface area (Å²) in [5, 5.41) is 8.70. The molecule has 0 unspecified atom stereocenters. The monoisotopic (exact) mass is 282 g/mol. The third kappa shape index (κ3) is 6.59. The zero-order valence-corrected chi connectivity index (χ0v) is 12.5. The summed E-state index contributed by atoms with van der Waals surface area (Å²) < 4.78 is 0. The first-order chi connectivity index (χ1) is 8.78. The quantitative estimate of drug-likeness (QED) is 0.837. The molecule has 0 saturated heterocycles. The van der Waals surface area contributed by atoms with Gasteiger partial charge >= 0.3 is 5.97 Å². The molecule has 0 saturated carbocycles. The number of carboxylic acids is 1. The molecule has 106 valence electrons. The van der Waals surface area contributed by atoms with Crippen molar-refractivity contribution < 1.29 is 9.90 Å². The third-order valence-electron chi connectivity index (χ3n) is 2.44. The van der Waals surface area contributed by atoms with E-state index in [-0.39, 0.29) is 5.41 Å². The van der Waals surface area contributed by atoms with Crippen molar-refractivity contribution in [2.75, 3.05) is 5.75 Å². The van der Waals surface area contributed by atoms with Gasteiger partial charge in [-0.25, -0.2) is 0 Å². The Kier molecular flexibility index (Phi) is 5.82. The number of carboxylic acid groups (broad SMARTS) is 1. The summed E-state index contributed by atoms with van der Waals surface area (Å²) in [6, 6.07) is 5.19. The lowest BCUT2D eigenvalue weighted by Crippen LogP contribution is -2.32. The summed E-state index contributed by atoms with van der Waals surface area (Å²) in [5.74, 6) is 0.140. The molecule has 0 bridgehead atoms. The number of hydrogen-bond donors (Lipinski definition) is 2. The highest BCUT2D eigenvalue weighted by molar-refractivity contribution is 7.98. The van der Waals surface area contributed by atoms with Crippen LogP contribution in [0.3, 0.4) is 0 Å². The van der Waals surface area contributed by atoms with Gasteiger partial charge in [0.05, 0.1) is 5.69 Å². The molecule has 0 amide bonds. The molecule has 0 aliphatic carbocycles. The van der Waals surface area contributed by atoms with Crippen LogP contribution in [0.25, 0.3) is 0 Å². The van der Waals surface area contributed by atoms with Crippen molar-refractivity contribution in [1.29, 1.82) is 0 Å². The smallest absolute Gasteiger partial charge is 0.321 e. The molecule has 3 N–H and O–H groups in total. The van der Waals surface area contributed by atoms with Crippen LogP contribution in [0, 0.1) is 5.41 Å². The van der Waals surface area contributed by atoms with E-state index in [1.165, 1.54) is 11.8 Å². The van der Waals surface area contributed by atoms with E-state index in [4.69, 9.17) is 10.8 Å². The van der Waals surface area contributed by atoms with Crippen LogP contribution in [0.4, 0.5) is 0 Å². The van der Waals surface area contributed by atoms with Gasteiger partial charge in [-0.1, -0.05) is 26.8 Å². The Hall–Kier alpha value is -1.07. The van der Waals surface area contributed by atoms with E-state index in [1.807, 2.05) is 18.2 Å². The number of nitrogens with two attached hydrogens (primary N) is 1. The molecule has 0 aromatic carbocycles. The van der Waals surface area contributed by atoms with E-state index in [0.29, 0.717) is 11.5 Å². The SMILES string of the molecule is CC(C)(C)Cc1cccc(CSC[C@H](N)C(=O)O)n1. The molecule has 1 aromatic rings. The zero-order chi connectivity index (χ0) is 14.5. The van der Waals surface area contributed by atoms with Crippen molar-refractivity contribution in [3.05, 3.63) is 29.6 Å². The first kappa shape index (κ1) is 16.0. The number of carbonyl (C=O) groups is 1. The molecule has 0 spiro atoms. The molecule has 1 rings (SSSR count). The van der Waals surface area contributed by atoms with Gasteiger partial charge in [-0.05, 0) is 24.0 Å². The molecule has 19 heavy (non-hydrogen) atoms. The standard InChI is InChI=1S/C14H22N2O2S/c1-14(2,3)7-10-5-4-6-11(16-10)8-19-9-12(15)13(17)18/h4-6,12H,7-9,15H2,1-3H3,(H,17,18)/t12-/m0/s1. The maximum Gasteiger partial charge on any atom is 0.321 e. The normalized spacial score (nSPS) is 13.3. The van der Waals surface area contributed by atoms with Gasteiger partial charge in [-0.15, -0.1) is 0 Å². The third-order valence-corrected chi connectivity index (χ3v) is 3.54. The fraction of sp³-hybridized carbons (Fsp3) is 0.571. The van der Waals surface area contributed by atoms with Crippen LogP contribution in [0.5, 0.6) is 0 Å². The van der Waals surface area contributed by atoms with Gasteiger partial charge in [-0.2, -0.15) is 11.8 Å². The van der Waals surface area contributed by atoms with Crippen LogP contribution < -0.4 is 5.73 Å². The van der Waals surface area contributed by atoms with Crippen LogP contribution >= 0.6 is 11.8 Å². The number of nitrogens with zero attached hydrogens (tertiary/aromatic N) is 1. The molecule has 0 radical (unpaired) electrons. The zero-order valence-electron chi connectivity index (χ0n) is 11.7. The lowest BCUT2D eigenvalue weighted by molar-refractivity contribution is -0.137. The summed E-state index contributed by atoms with van der Waals surface area (Å²) in [6.45, 7) is 6.55. The molecule has 0 fully saturated rings. The first-order valence-electron chi connectivity index (χ1n) is 6.29. The number of rotatable bonds is 6. The fourth-order valence-corrected chi connectivity index (χ4v) is 2.50. The Labute approximate surface area is 118 Å². The van der Waals surface area contributed by atoms with E-state index in [0.717, 1.165) is 17.8 Å². The number of pyridine rings is 1. The van der Waals surface area contributed by atoms with Crippen molar-refractivity contribution in [3.8, 4) is 0 Å². The largest absolute Gasteiger partial charge is 0.480 e. The average Bonchev–Trinajstić information content (AvgIpc) is 2.26. The predicted molar refractivity (Wildman–Crippen MR) is 79.2 cm³/mol. The van der Waals surface area contributed by atoms with Crippen LogP contribution in [-0.2, 0) is 17.0 Å². The molecule has 1 heterocycles. The Morgan fingerprint density at radius 1 is 1.42 bits per heavy atom. The Bertz CT molecular complexity index is 430. The fourth-order valence-electron chi connectivity index (χ4n) is 1.61. The van der Waals surface area contributed by atoms with Crippen LogP contribution in [0.15, 0.2) is 18.2 Å². The molecule has 4 nitrogen and oxygen atoms in total. The van der Waals surface area contributed by atoms with Gasteiger partial charge in [0.25, 0.3) is 0 Å². The topological polar surface area (TPSA) is 76.2 Å². The van der Waals surface area contributed by atoms with E-state index < -0.39 is 12.0 Å². The second kappa shape index (κ2) is 6.91. The maximum atomic E-state index is 10.6.